The highest BCUT2D eigenvalue weighted by molar-refractivity contribution is 7.08. The lowest BCUT2D eigenvalue weighted by Crippen LogP contribution is -2.49. The van der Waals surface area contributed by atoms with Crippen LogP contribution in [-0.4, -0.2) is 72.9 Å². The number of thiophene rings is 1. The molecule has 0 spiro atoms. The predicted molar refractivity (Wildman–Crippen MR) is 115 cm³/mol. The molecule has 0 aliphatic carbocycles. The summed E-state index contributed by atoms with van der Waals surface area (Å²) in [5, 5.41) is 22.4. The number of aryl methyl sites for hydroxylation is 1. The Morgan fingerprint density at radius 1 is 1.13 bits per heavy atom. The average Bonchev–Trinajstić information content (AvgIpc) is 3.45. The number of methoxy groups -OCH3 is 1. The quantitative estimate of drug-likeness (QED) is 0.584. The number of ether oxygens (including phenoxy) is 2. The lowest BCUT2D eigenvalue weighted by molar-refractivity contribution is 0.0661. The van der Waals surface area contributed by atoms with E-state index >= 15 is 0 Å². The molecule has 1 aliphatic rings. The number of aliphatic hydroxyl groups is 1. The molecule has 0 saturated carbocycles. The second-order valence-electron chi connectivity index (χ2n) is 7.33. The van der Waals surface area contributed by atoms with Crippen molar-refractivity contribution in [3.05, 3.63) is 40.7 Å². The van der Waals surface area contributed by atoms with Gasteiger partial charge in [0, 0.05) is 38.8 Å². The number of benzene rings is 1. The molecule has 1 aliphatic heterocycles. The smallest absolute Gasteiger partial charge is 0.196 e. The van der Waals surface area contributed by atoms with Gasteiger partial charge < -0.3 is 19.5 Å². The molecular formula is C21H26N4O4S. The van der Waals surface area contributed by atoms with Gasteiger partial charge in [-0.1, -0.05) is 5.16 Å². The van der Waals surface area contributed by atoms with E-state index in [9.17, 15) is 5.11 Å². The van der Waals surface area contributed by atoms with Crippen molar-refractivity contribution >= 4 is 17.2 Å². The van der Waals surface area contributed by atoms with Crippen molar-refractivity contribution in [2.24, 2.45) is 0 Å². The molecule has 2 aromatic heterocycles. The number of aliphatic hydroxyl groups excluding tert-OH is 1. The Balaban J connectivity index is 1.28. The summed E-state index contributed by atoms with van der Waals surface area (Å²) in [4.78, 5) is 4.39. The van der Waals surface area contributed by atoms with Crippen LogP contribution < -0.4 is 14.4 Å². The summed E-state index contributed by atoms with van der Waals surface area (Å²) in [6, 6.07) is 7.87. The number of aromatic nitrogens is 2. The van der Waals surface area contributed by atoms with E-state index in [4.69, 9.17) is 14.1 Å². The van der Waals surface area contributed by atoms with Crippen molar-refractivity contribution in [2.45, 2.75) is 13.0 Å². The van der Waals surface area contributed by atoms with Crippen LogP contribution in [0.3, 0.4) is 0 Å². The largest absolute Gasteiger partial charge is 0.497 e. The van der Waals surface area contributed by atoms with Gasteiger partial charge in [-0.2, -0.15) is 11.3 Å². The molecule has 4 rings (SSSR count). The van der Waals surface area contributed by atoms with Gasteiger partial charge in [0.1, 0.15) is 29.9 Å². The third-order valence-corrected chi connectivity index (χ3v) is 5.87. The Morgan fingerprint density at radius 2 is 1.93 bits per heavy atom. The Bertz CT molecular complexity index is 938. The molecule has 0 radical (unpaired) electrons. The first-order chi connectivity index (χ1) is 14.6. The molecule has 1 atom stereocenters. The van der Waals surface area contributed by atoms with Gasteiger partial charge in [-0.3, -0.25) is 4.90 Å². The van der Waals surface area contributed by atoms with Crippen molar-refractivity contribution in [2.75, 3.05) is 51.3 Å². The van der Waals surface area contributed by atoms with Crippen molar-refractivity contribution in [1.82, 2.24) is 15.2 Å². The lowest BCUT2D eigenvalue weighted by Gasteiger charge is -2.35. The monoisotopic (exact) mass is 430 g/mol. The third-order valence-electron chi connectivity index (χ3n) is 5.18. The van der Waals surface area contributed by atoms with Gasteiger partial charge in [-0.05, 0) is 52.2 Å². The zero-order chi connectivity index (χ0) is 20.9. The Labute approximate surface area is 179 Å². The van der Waals surface area contributed by atoms with Gasteiger partial charge in [0.2, 0.25) is 0 Å². The fourth-order valence-corrected chi connectivity index (χ4v) is 4.23. The Kier molecular flexibility index (Phi) is 6.51. The van der Waals surface area contributed by atoms with Crippen LogP contribution >= 0.6 is 11.3 Å². The zero-order valence-electron chi connectivity index (χ0n) is 17.2. The van der Waals surface area contributed by atoms with Gasteiger partial charge in [0.25, 0.3) is 0 Å². The summed E-state index contributed by atoms with van der Waals surface area (Å²) >= 11 is 1.65. The molecule has 1 fully saturated rings. The fourth-order valence-electron chi connectivity index (χ4n) is 3.57. The summed E-state index contributed by atoms with van der Waals surface area (Å²) in [6.45, 7) is 6.00. The van der Waals surface area contributed by atoms with Crippen LogP contribution in [0.15, 0.2) is 39.7 Å². The summed E-state index contributed by atoms with van der Waals surface area (Å²) < 4.78 is 16.1. The van der Waals surface area contributed by atoms with Crippen molar-refractivity contribution in [1.29, 1.82) is 0 Å². The van der Waals surface area contributed by atoms with Crippen LogP contribution in [0.5, 0.6) is 11.5 Å². The highest BCUT2D eigenvalue weighted by Gasteiger charge is 2.23. The zero-order valence-corrected chi connectivity index (χ0v) is 18.0. The third kappa shape index (κ3) is 4.92. The molecule has 8 nitrogen and oxygen atoms in total. The second-order valence-corrected chi connectivity index (χ2v) is 8.11. The minimum absolute atomic E-state index is 0.225. The summed E-state index contributed by atoms with van der Waals surface area (Å²) in [7, 11) is 1.64. The molecule has 9 heteroatoms. The van der Waals surface area contributed by atoms with E-state index in [0.29, 0.717) is 12.3 Å². The highest BCUT2D eigenvalue weighted by Crippen LogP contribution is 2.31. The SMILES string of the molecule is COc1cc(OCC(O)CN2CCN(c3nonc3C)CC2)cc(-c2ccsc2)c1. The Hall–Kier alpha value is -2.62. The molecule has 0 amide bonds. The normalized spacial score (nSPS) is 15.9. The van der Waals surface area contributed by atoms with Crippen LogP contribution in [-0.2, 0) is 0 Å². The maximum atomic E-state index is 10.5. The van der Waals surface area contributed by atoms with Gasteiger partial charge in [-0.15, -0.1) is 0 Å². The Morgan fingerprint density at radius 3 is 2.60 bits per heavy atom. The van der Waals surface area contributed by atoms with E-state index in [1.165, 1.54) is 0 Å². The van der Waals surface area contributed by atoms with Crippen molar-refractivity contribution in [3.8, 4) is 22.6 Å². The van der Waals surface area contributed by atoms with Crippen LogP contribution in [0, 0.1) is 6.92 Å². The minimum Gasteiger partial charge on any atom is -0.497 e. The molecule has 0 bridgehead atoms. The van der Waals surface area contributed by atoms with E-state index in [1.54, 1.807) is 18.4 Å². The number of β-amino-alcohol motifs (C(OH)–C–C–N with tert-alkyl or cyclic N) is 1. The van der Waals surface area contributed by atoms with E-state index in [0.717, 1.165) is 54.6 Å². The molecule has 30 heavy (non-hydrogen) atoms. The van der Waals surface area contributed by atoms with E-state index in [2.05, 4.69) is 31.6 Å². The molecule has 1 unspecified atom stereocenters. The van der Waals surface area contributed by atoms with Gasteiger partial charge >= 0.3 is 0 Å². The maximum Gasteiger partial charge on any atom is 0.196 e. The number of nitrogens with zero attached hydrogens (tertiary/aromatic N) is 4. The maximum absolute atomic E-state index is 10.5. The number of hydrogen-bond acceptors (Lipinski definition) is 9. The standard InChI is InChI=1S/C21H26N4O4S/c1-15-21(23-29-22-15)25-6-4-24(5-7-25)12-18(26)13-28-20-10-17(9-19(11-20)27-2)16-3-8-30-14-16/h3,8-11,14,18,26H,4-7,12-13H2,1-2H3. The van der Waals surface area contributed by atoms with Gasteiger partial charge in [0.05, 0.1) is 7.11 Å². The van der Waals surface area contributed by atoms with Gasteiger partial charge in [-0.25, -0.2) is 4.63 Å². The average molecular weight is 431 g/mol. The highest BCUT2D eigenvalue weighted by atomic mass is 32.1. The van der Waals surface area contributed by atoms with Crippen LogP contribution in [0.2, 0.25) is 0 Å². The number of piperazine rings is 1. The predicted octanol–water partition coefficient (Wildman–Crippen LogP) is 2.68. The molecule has 1 saturated heterocycles. The second kappa shape index (κ2) is 9.46. The van der Waals surface area contributed by atoms with E-state index in [-0.39, 0.29) is 6.61 Å². The van der Waals surface area contributed by atoms with Crippen molar-refractivity contribution < 1.29 is 19.2 Å². The van der Waals surface area contributed by atoms with Crippen molar-refractivity contribution in [3.63, 3.8) is 0 Å². The topological polar surface area (TPSA) is 84.1 Å². The summed E-state index contributed by atoms with van der Waals surface area (Å²) in [5.74, 6) is 2.23. The number of anilines is 1. The molecular weight excluding hydrogens is 404 g/mol. The number of hydrogen-bond donors (Lipinski definition) is 1. The van der Waals surface area contributed by atoms with Crippen LogP contribution in [0.1, 0.15) is 5.69 Å². The minimum atomic E-state index is -0.581. The lowest BCUT2D eigenvalue weighted by atomic mass is 10.1. The first-order valence-corrected chi connectivity index (χ1v) is 10.9. The van der Waals surface area contributed by atoms with Crippen LogP contribution in [0.25, 0.3) is 11.1 Å². The first kappa shape index (κ1) is 20.6. The van der Waals surface area contributed by atoms with E-state index < -0.39 is 6.10 Å². The fraction of sp³-hybridized carbons (Fsp3) is 0.429. The molecule has 3 aromatic rings. The van der Waals surface area contributed by atoms with E-state index in [1.807, 2.05) is 30.5 Å². The molecule has 1 aromatic carbocycles. The summed E-state index contributed by atoms with van der Waals surface area (Å²) in [6.07, 6.45) is -0.581. The van der Waals surface area contributed by atoms with Crippen LogP contribution in [0.4, 0.5) is 5.82 Å². The van der Waals surface area contributed by atoms with Gasteiger partial charge in [0.15, 0.2) is 5.82 Å². The summed E-state index contributed by atoms with van der Waals surface area (Å²) in [5.41, 5.74) is 2.96. The molecule has 3 heterocycles. The first-order valence-electron chi connectivity index (χ1n) is 9.91. The number of rotatable bonds is 8. The molecule has 160 valence electrons. The molecule has 1 N–H and O–H groups in total.